The van der Waals surface area contributed by atoms with Crippen LogP contribution in [0.3, 0.4) is 0 Å². The van der Waals surface area contributed by atoms with Gasteiger partial charge in [-0.2, -0.15) is 5.10 Å². The molecule has 5 heteroatoms. The second-order valence-corrected chi connectivity index (χ2v) is 6.85. The average molecular weight is 345 g/mol. The van der Waals surface area contributed by atoms with Crippen LogP contribution in [-0.2, 0) is 10.2 Å². The number of hydrogen-bond acceptors (Lipinski definition) is 3. The summed E-state index contributed by atoms with van der Waals surface area (Å²) in [5.74, 6) is 0.205. The summed E-state index contributed by atoms with van der Waals surface area (Å²) in [6, 6.07) is 14.9. The number of carbonyl (C=O) groups is 1. The van der Waals surface area contributed by atoms with Gasteiger partial charge < -0.3 is 4.74 Å². The van der Waals surface area contributed by atoms with Gasteiger partial charge in [0.05, 0.1) is 6.21 Å². The van der Waals surface area contributed by atoms with E-state index in [9.17, 15) is 4.79 Å². The molecule has 24 heavy (non-hydrogen) atoms. The zero-order valence-electron chi connectivity index (χ0n) is 14.0. The molecule has 0 bridgehead atoms. The minimum atomic E-state index is -0.336. The third kappa shape index (κ3) is 5.70. The van der Waals surface area contributed by atoms with Crippen LogP contribution in [-0.4, -0.2) is 18.7 Å². The molecule has 126 valence electrons. The number of carbonyl (C=O) groups excluding carboxylic acids is 1. The molecule has 0 aliphatic carbocycles. The van der Waals surface area contributed by atoms with E-state index in [0.717, 1.165) is 5.56 Å². The number of hydrogen-bond donors (Lipinski definition) is 1. The molecule has 0 radical (unpaired) electrons. The maximum atomic E-state index is 11.7. The first-order valence-corrected chi connectivity index (χ1v) is 8.03. The minimum Gasteiger partial charge on any atom is -0.484 e. The lowest BCUT2D eigenvalue weighted by atomic mass is 9.87. The van der Waals surface area contributed by atoms with Gasteiger partial charge in [-0.1, -0.05) is 62.7 Å². The van der Waals surface area contributed by atoms with Gasteiger partial charge in [-0.3, -0.25) is 4.79 Å². The first kappa shape index (κ1) is 18.0. The SMILES string of the molecule is CC(C)(C)c1ccc(/C=N\NC(=O)COc2cccc(Cl)c2)cc1. The van der Waals surface area contributed by atoms with Gasteiger partial charge in [0.25, 0.3) is 5.91 Å². The Morgan fingerprint density at radius 1 is 1.21 bits per heavy atom. The summed E-state index contributed by atoms with van der Waals surface area (Å²) in [7, 11) is 0. The van der Waals surface area contributed by atoms with Crippen molar-refractivity contribution in [3.05, 3.63) is 64.7 Å². The van der Waals surface area contributed by atoms with Crippen molar-refractivity contribution in [2.24, 2.45) is 5.10 Å². The molecule has 0 spiro atoms. The maximum Gasteiger partial charge on any atom is 0.277 e. The monoisotopic (exact) mass is 344 g/mol. The molecular formula is C19H21ClN2O2. The van der Waals surface area contributed by atoms with Gasteiger partial charge in [0.15, 0.2) is 6.61 Å². The molecule has 0 fully saturated rings. The molecule has 0 heterocycles. The first-order chi connectivity index (χ1) is 11.3. The highest BCUT2D eigenvalue weighted by Crippen LogP contribution is 2.21. The van der Waals surface area contributed by atoms with Crippen LogP contribution < -0.4 is 10.2 Å². The Labute approximate surface area is 147 Å². The van der Waals surface area contributed by atoms with Crippen molar-refractivity contribution < 1.29 is 9.53 Å². The van der Waals surface area contributed by atoms with Gasteiger partial charge in [0.2, 0.25) is 0 Å². The van der Waals surface area contributed by atoms with E-state index < -0.39 is 0 Å². The topological polar surface area (TPSA) is 50.7 Å². The van der Waals surface area contributed by atoms with E-state index in [2.05, 4.69) is 43.4 Å². The molecule has 0 atom stereocenters. The fourth-order valence-corrected chi connectivity index (χ4v) is 2.17. The summed E-state index contributed by atoms with van der Waals surface area (Å²) in [5, 5.41) is 4.49. The molecule has 0 aromatic heterocycles. The van der Waals surface area contributed by atoms with Crippen LogP contribution in [0.15, 0.2) is 53.6 Å². The minimum absolute atomic E-state index is 0.113. The van der Waals surface area contributed by atoms with E-state index in [-0.39, 0.29) is 17.9 Å². The van der Waals surface area contributed by atoms with Gasteiger partial charge in [0, 0.05) is 5.02 Å². The van der Waals surface area contributed by atoms with Crippen molar-refractivity contribution in [1.82, 2.24) is 5.43 Å². The van der Waals surface area contributed by atoms with Crippen LogP contribution in [0.4, 0.5) is 0 Å². The van der Waals surface area contributed by atoms with E-state index >= 15 is 0 Å². The number of nitrogens with zero attached hydrogens (tertiary/aromatic N) is 1. The highest BCUT2D eigenvalue weighted by Gasteiger charge is 2.12. The number of amides is 1. The number of halogens is 1. The predicted octanol–water partition coefficient (Wildman–Crippen LogP) is 4.17. The maximum absolute atomic E-state index is 11.7. The molecule has 1 amide bonds. The zero-order valence-corrected chi connectivity index (χ0v) is 14.8. The molecule has 1 N–H and O–H groups in total. The molecule has 2 aromatic carbocycles. The molecule has 0 unspecified atom stereocenters. The number of ether oxygens (including phenoxy) is 1. The summed E-state index contributed by atoms with van der Waals surface area (Å²) in [4.78, 5) is 11.7. The van der Waals surface area contributed by atoms with Crippen molar-refractivity contribution in [2.75, 3.05) is 6.61 Å². The predicted molar refractivity (Wildman–Crippen MR) is 97.8 cm³/mol. The smallest absolute Gasteiger partial charge is 0.277 e. The molecule has 4 nitrogen and oxygen atoms in total. The average Bonchev–Trinajstić information content (AvgIpc) is 2.53. The first-order valence-electron chi connectivity index (χ1n) is 7.65. The molecular weight excluding hydrogens is 324 g/mol. The molecule has 0 saturated carbocycles. The largest absolute Gasteiger partial charge is 0.484 e. The Bertz CT molecular complexity index is 719. The second kappa shape index (κ2) is 7.97. The van der Waals surface area contributed by atoms with Crippen molar-refractivity contribution >= 4 is 23.7 Å². The van der Waals surface area contributed by atoms with Crippen molar-refractivity contribution in [3.8, 4) is 5.75 Å². The molecule has 2 rings (SSSR count). The highest BCUT2D eigenvalue weighted by atomic mass is 35.5. The van der Waals surface area contributed by atoms with Gasteiger partial charge >= 0.3 is 0 Å². The summed E-state index contributed by atoms with van der Waals surface area (Å²) in [6.45, 7) is 6.36. The van der Waals surface area contributed by atoms with Gasteiger partial charge in [0.1, 0.15) is 5.75 Å². The number of nitrogens with one attached hydrogen (secondary N) is 1. The summed E-state index contributed by atoms with van der Waals surface area (Å²) in [6.07, 6.45) is 1.60. The molecule has 0 aliphatic rings. The van der Waals surface area contributed by atoms with Crippen LogP contribution in [0.1, 0.15) is 31.9 Å². The molecule has 0 aliphatic heterocycles. The van der Waals surface area contributed by atoms with Crippen molar-refractivity contribution in [3.63, 3.8) is 0 Å². The molecule has 2 aromatic rings. The summed E-state index contributed by atoms with van der Waals surface area (Å²) in [5.41, 5.74) is 4.71. The third-order valence-corrected chi connectivity index (χ3v) is 3.58. The Morgan fingerprint density at radius 2 is 1.92 bits per heavy atom. The number of hydrazone groups is 1. The Kier molecular flexibility index (Phi) is 5.99. The Hall–Kier alpha value is -2.33. The van der Waals surface area contributed by atoms with E-state index in [1.807, 2.05) is 12.1 Å². The highest BCUT2D eigenvalue weighted by molar-refractivity contribution is 6.30. The number of benzene rings is 2. The van der Waals surface area contributed by atoms with E-state index in [1.165, 1.54) is 5.56 Å². The Balaban J connectivity index is 1.81. The van der Waals surface area contributed by atoms with Crippen LogP contribution in [0.25, 0.3) is 0 Å². The summed E-state index contributed by atoms with van der Waals surface area (Å²) >= 11 is 5.85. The lowest BCUT2D eigenvalue weighted by Gasteiger charge is -2.18. The quantitative estimate of drug-likeness (QED) is 0.653. The number of rotatable bonds is 5. The summed E-state index contributed by atoms with van der Waals surface area (Å²) < 4.78 is 5.33. The lowest BCUT2D eigenvalue weighted by Crippen LogP contribution is -2.24. The van der Waals surface area contributed by atoms with Gasteiger partial charge in [-0.25, -0.2) is 5.43 Å². The normalized spacial score (nSPS) is 11.5. The third-order valence-electron chi connectivity index (χ3n) is 3.35. The fourth-order valence-electron chi connectivity index (χ4n) is 1.99. The van der Waals surface area contributed by atoms with Gasteiger partial charge in [-0.05, 0) is 34.7 Å². The van der Waals surface area contributed by atoms with E-state index in [0.29, 0.717) is 10.8 Å². The second-order valence-electron chi connectivity index (χ2n) is 6.41. The zero-order chi connectivity index (χ0) is 17.6. The standard InChI is InChI=1S/C19H21ClN2O2/c1-19(2,3)15-9-7-14(8-10-15)12-21-22-18(23)13-24-17-6-4-5-16(20)11-17/h4-12H,13H2,1-3H3,(H,22,23)/b21-12-. The fraction of sp³-hybridized carbons (Fsp3) is 0.263. The van der Waals surface area contributed by atoms with Crippen molar-refractivity contribution in [1.29, 1.82) is 0 Å². The van der Waals surface area contributed by atoms with Gasteiger partial charge in [-0.15, -0.1) is 0 Å². The van der Waals surface area contributed by atoms with Crippen LogP contribution in [0, 0.1) is 0 Å². The van der Waals surface area contributed by atoms with E-state index in [1.54, 1.807) is 30.5 Å². The van der Waals surface area contributed by atoms with E-state index in [4.69, 9.17) is 16.3 Å². The molecule has 0 saturated heterocycles. The van der Waals surface area contributed by atoms with Crippen LogP contribution >= 0.6 is 11.6 Å². The van der Waals surface area contributed by atoms with Crippen LogP contribution in [0.5, 0.6) is 5.75 Å². The lowest BCUT2D eigenvalue weighted by molar-refractivity contribution is -0.123. The Morgan fingerprint density at radius 3 is 2.54 bits per heavy atom. The van der Waals surface area contributed by atoms with Crippen molar-refractivity contribution in [2.45, 2.75) is 26.2 Å². The van der Waals surface area contributed by atoms with Crippen LogP contribution in [0.2, 0.25) is 5.02 Å².